The third-order valence-electron chi connectivity index (χ3n) is 1.50. The van der Waals surface area contributed by atoms with E-state index in [4.69, 9.17) is 0 Å². The molecule has 0 spiro atoms. The van der Waals surface area contributed by atoms with E-state index in [0.717, 1.165) is 0 Å². The Bertz CT molecular complexity index is 304. The van der Waals surface area contributed by atoms with Crippen LogP contribution < -0.4 is 0 Å². The van der Waals surface area contributed by atoms with Crippen molar-refractivity contribution < 1.29 is 14.3 Å². The van der Waals surface area contributed by atoms with Crippen molar-refractivity contribution in [3.8, 4) is 0 Å². The van der Waals surface area contributed by atoms with Gasteiger partial charge in [0.25, 0.3) is 5.78 Å². The van der Waals surface area contributed by atoms with Gasteiger partial charge in [-0.25, -0.2) is 4.79 Å². The van der Waals surface area contributed by atoms with E-state index >= 15 is 0 Å². The zero-order valence-electron chi connectivity index (χ0n) is 7.32. The van der Waals surface area contributed by atoms with Crippen molar-refractivity contribution in [1.82, 2.24) is 0 Å². The molecule has 0 aliphatic rings. The summed E-state index contributed by atoms with van der Waals surface area (Å²) in [6.07, 6.45) is 0. The van der Waals surface area contributed by atoms with Gasteiger partial charge in [-0.2, -0.15) is 0 Å². The maximum atomic E-state index is 11.3. The molecule has 0 heterocycles. The molecule has 0 atom stereocenters. The molecule has 0 saturated carbocycles. The highest BCUT2D eigenvalue weighted by Gasteiger charge is 2.15. The maximum Gasteiger partial charge on any atom is 0.379 e. The van der Waals surface area contributed by atoms with Crippen molar-refractivity contribution in [2.75, 3.05) is 6.61 Å². The van der Waals surface area contributed by atoms with E-state index in [9.17, 15) is 9.59 Å². The van der Waals surface area contributed by atoms with Crippen LogP contribution in [-0.4, -0.2) is 18.4 Å². The first kappa shape index (κ1) is 12.4. The monoisotopic (exact) mass is 194 g/mol. The molecule has 76 valence electrons. The number of carbonyl (C=O) groups excluding carboxylic acids is 2. The molecule has 0 aliphatic carbocycles. The number of carbonyl (C=O) groups is 2. The van der Waals surface area contributed by atoms with Gasteiger partial charge in [0, 0.05) is 5.56 Å². The number of rotatable bonds is 3. The van der Waals surface area contributed by atoms with Crippen molar-refractivity contribution in [2.24, 2.45) is 0 Å². The molecule has 0 fully saturated rings. The Morgan fingerprint density at radius 1 is 1.21 bits per heavy atom. The van der Waals surface area contributed by atoms with Gasteiger partial charge >= 0.3 is 5.97 Å². The van der Waals surface area contributed by atoms with E-state index in [1.807, 2.05) is 0 Å². The average molecular weight is 194 g/mol. The molecule has 3 nitrogen and oxygen atoms in total. The second kappa shape index (κ2) is 5.91. The van der Waals surface area contributed by atoms with Crippen molar-refractivity contribution in [2.45, 2.75) is 14.4 Å². The third-order valence-corrected chi connectivity index (χ3v) is 1.50. The molecule has 1 aromatic rings. The van der Waals surface area contributed by atoms with Gasteiger partial charge in [-0.15, -0.1) is 0 Å². The summed E-state index contributed by atoms with van der Waals surface area (Å²) >= 11 is 0. The van der Waals surface area contributed by atoms with Gasteiger partial charge in [0.05, 0.1) is 6.61 Å². The topological polar surface area (TPSA) is 43.4 Å². The van der Waals surface area contributed by atoms with Gasteiger partial charge in [-0.3, -0.25) is 4.79 Å². The Morgan fingerprint density at radius 2 is 1.79 bits per heavy atom. The fourth-order valence-electron chi connectivity index (χ4n) is 0.904. The molecule has 3 heteroatoms. The molecule has 0 unspecified atom stereocenters. The first-order valence-electron chi connectivity index (χ1n) is 4.02. The molecule has 0 N–H and O–H groups in total. The van der Waals surface area contributed by atoms with Crippen LogP contribution in [0.25, 0.3) is 0 Å². The highest BCUT2D eigenvalue weighted by molar-refractivity contribution is 6.40. The molecular weight excluding hydrogens is 180 g/mol. The number of benzene rings is 1. The summed E-state index contributed by atoms with van der Waals surface area (Å²) in [5, 5.41) is 0. The quantitative estimate of drug-likeness (QED) is 0.420. The van der Waals surface area contributed by atoms with Crippen molar-refractivity contribution >= 4 is 11.8 Å². The summed E-state index contributed by atoms with van der Waals surface area (Å²) in [6.45, 7) is 1.88. The lowest BCUT2D eigenvalue weighted by Crippen LogP contribution is -2.17. The minimum Gasteiger partial charge on any atom is -0.460 e. The summed E-state index contributed by atoms with van der Waals surface area (Å²) in [7, 11) is 0. The van der Waals surface area contributed by atoms with Crippen LogP contribution in [-0.2, 0) is 9.53 Å². The van der Waals surface area contributed by atoms with Crippen LogP contribution in [0.3, 0.4) is 0 Å². The number of ether oxygens (including phenoxy) is 1. The van der Waals surface area contributed by atoms with E-state index in [1.165, 1.54) is 0 Å². The van der Waals surface area contributed by atoms with Crippen molar-refractivity contribution in [1.29, 1.82) is 0 Å². The fourth-order valence-corrected chi connectivity index (χ4v) is 0.904. The molecule has 0 aromatic heterocycles. The number of esters is 1. The molecular formula is C11H14O3. The van der Waals surface area contributed by atoms with E-state index in [2.05, 4.69) is 4.74 Å². The first-order chi connectivity index (χ1) is 6.25. The second-order valence-corrected chi connectivity index (χ2v) is 2.42. The Morgan fingerprint density at radius 3 is 2.29 bits per heavy atom. The van der Waals surface area contributed by atoms with E-state index in [0.29, 0.717) is 5.56 Å². The van der Waals surface area contributed by atoms with Crippen LogP contribution in [0.1, 0.15) is 24.7 Å². The Balaban J connectivity index is 0.00000169. The summed E-state index contributed by atoms with van der Waals surface area (Å²) in [4.78, 5) is 22.2. The number of Topliss-reactive ketones (excluding diaryl/α,β-unsaturated/α-hetero) is 1. The van der Waals surface area contributed by atoms with Gasteiger partial charge in [0.1, 0.15) is 0 Å². The van der Waals surface area contributed by atoms with E-state index < -0.39 is 11.8 Å². The van der Waals surface area contributed by atoms with Crippen molar-refractivity contribution in [3.05, 3.63) is 35.9 Å². The normalized spacial score (nSPS) is 8.64. The lowest BCUT2D eigenvalue weighted by Gasteiger charge is -1.99. The van der Waals surface area contributed by atoms with Gasteiger partial charge in [0.15, 0.2) is 0 Å². The van der Waals surface area contributed by atoms with Crippen LogP contribution >= 0.6 is 0 Å². The predicted octanol–water partition coefficient (Wildman–Crippen LogP) is 2.07. The van der Waals surface area contributed by atoms with E-state index in [-0.39, 0.29) is 14.0 Å². The minimum absolute atomic E-state index is 0. The molecule has 0 amide bonds. The predicted molar refractivity (Wildman–Crippen MR) is 54.1 cm³/mol. The SMILES string of the molecule is C.CCOC(=O)C(=O)c1ccccc1. The standard InChI is InChI=1S/C10H10O3.CH4/c1-2-13-10(12)9(11)8-6-4-3-5-7-8;/h3-7H,2H2,1H3;1H4. The zero-order chi connectivity index (χ0) is 9.68. The van der Waals surface area contributed by atoms with Crippen LogP contribution in [0.2, 0.25) is 0 Å². The fraction of sp³-hybridized carbons (Fsp3) is 0.273. The van der Waals surface area contributed by atoms with Crippen LogP contribution in [0.15, 0.2) is 30.3 Å². The highest BCUT2D eigenvalue weighted by Crippen LogP contribution is 2.00. The molecule has 0 radical (unpaired) electrons. The molecule has 14 heavy (non-hydrogen) atoms. The molecule has 0 saturated heterocycles. The summed E-state index contributed by atoms with van der Waals surface area (Å²) in [5.41, 5.74) is 0.362. The van der Waals surface area contributed by atoms with E-state index in [1.54, 1.807) is 37.3 Å². The van der Waals surface area contributed by atoms with Crippen LogP contribution in [0.4, 0.5) is 0 Å². The Hall–Kier alpha value is -1.64. The van der Waals surface area contributed by atoms with Gasteiger partial charge in [0.2, 0.25) is 0 Å². The zero-order valence-corrected chi connectivity index (χ0v) is 7.32. The Labute approximate surface area is 83.7 Å². The average Bonchev–Trinajstić information content (AvgIpc) is 2.18. The number of ketones is 1. The smallest absolute Gasteiger partial charge is 0.379 e. The largest absolute Gasteiger partial charge is 0.460 e. The number of hydrogen-bond acceptors (Lipinski definition) is 3. The number of hydrogen-bond donors (Lipinski definition) is 0. The maximum absolute atomic E-state index is 11.3. The molecule has 0 bridgehead atoms. The lowest BCUT2D eigenvalue weighted by atomic mass is 10.1. The highest BCUT2D eigenvalue weighted by atomic mass is 16.5. The molecule has 1 rings (SSSR count). The van der Waals surface area contributed by atoms with Gasteiger partial charge in [-0.1, -0.05) is 37.8 Å². The summed E-state index contributed by atoms with van der Waals surface area (Å²) in [6, 6.07) is 8.35. The van der Waals surface area contributed by atoms with Gasteiger partial charge < -0.3 is 4.74 Å². The molecule has 0 aliphatic heterocycles. The van der Waals surface area contributed by atoms with Crippen LogP contribution in [0.5, 0.6) is 0 Å². The second-order valence-electron chi connectivity index (χ2n) is 2.42. The van der Waals surface area contributed by atoms with Crippen molar-refractivity contribution in [3.63, 3.8) is 0 Å². The minimum atomic E-state index is -0.797. The third kappa shape index (κ3) is 3.01. The lowest BCUT2D eigenvalue weighted by molar-refractivity contribution is -0.137. The van der Waals surface area contributed by atoms with Gasteiger partial charge in [-0.05, 0) is 6.92 Å². The summed E-state index contributed by atoms with van der Waals surface area (Å²) < 4.78 is 4.57. The summed E-state index contributed by atoms with van der Waals surface area (Å²) in [5.74, 6) is -1.39. The Kier molecular flexibility index (Phi) is 5.22. The van der Waals surface area contributed by atoms with Crippen LogP contribution in [0, 0.1) is 0 Å². The first-order valence-corrected chi connectivity index (χ1v) is 4.02. The molecule has 1 aromatic carbocycles.